The average Bonchev–Trinajstić information content (AvgIpc) is 2.28. The zero-order valence-corrected chi connectivity index (χ0v) is 12.3. The highest BCUT2D eigenvalue weighted by molar-refractivity contribution is 7.80. The Kier molecular flexibility index (Phi) is 6.72. The van der Waals surface area contributed by atoms with Crippen LogP contribution in [0.15, 0.2) is 29.2 Å². The number of thiol groups is 1. The molecule has 1 unspecified atom stereocenters. The van der Waals surface area contributed by atoms with Gasteiger partial charge >= 0.3 is 0 Å². The summed E-state index contributed by atoms with van der Waals surface area (Å²) in [5.74, 6) is 1.70. The van der Waals surface area contributed by atoms with E-state index in [2.05, 4.69) is 57.7 Å². The number of aryl methyl sites for hydroxylation is 1. The van der Waals surface area contributed by atoms with Crippen LogP contribution >= 0.6 is 12.6 Å². The van der Waals surface area contributed by atoms with E-state index < -0.39 is 0 Å². The fraction of sp³-hybridized carbons (Fsp3) is 0.625. The molecule has 1 heteroatoms. The predicted octanol–water partition coefficient (Wildman–Crippen LogP) is 5.37. The van der Waals surface area contributed by atoms with Gasteiger partial charge in [-0.15, -0.1) is 12.6 Å². The third-order valence-corrected chi connectivity index (χ3v) is 3.64. The van der Waals surface area contributed by atoms with E-state index in [4.69, 9.17) is 0 Å². The molecule has 0 saturated carbocycles. The molecule has 1 aromatic carbocycles. The summed E-state index contributed by atoms with van der Waals surface area (Å²) in [4.78, 5) is 1.05. The van der Waals surface area contributed by atoms with Gasteiger partial charge in [-0.05, 0) is 42.4 Å². The summed E-state index contributed by atoms with van der Waals surface area (Å²) in [5.41, 5.74) is 1.44. The van der Waals surface area contributed by atoms with Crippen molar-refractivity contribution in [2.24, 2.45) is 11.8 Å². The van der Waals surface area contributed by atoms with E-state index in [1.807, 2.05) is 0 Å². The van der Waals surface area contributed by atoms with Crippen molar-refractivity contribution in [1.82, 2.24) is 0 Å². The minimum Gasteiger partial charge on any atom is -0.143 e. The molecule has 0 radical (unpaired) electrons. The van der Waals surface area contributed by atoms with Gasteiger partial charge in [-0.25, -0.2) is 0 Å². The Morgan fingerprint density at radius 1 is 0.941 bits per heavy atom. The van der Waals surface area contributed by atoms with Gasteiger partial charge in [-0.1, -0.05) is 52.2 Å². The highest BCUT2D eigenvalue weighted by Gasteiger charge is 2.03. The molecule has 0 nitrogen and oxygen atoms in total. The first-order valence-corrected chi connectivity index (χ1v) is 7.30. The van der Waals surface area contributed by atoms with Crippen LogP contribution in [0, 0.1) is 11.8 Å². The minimum atomic E-state index is 0.851. The van der Waals surface area contributed by atoms with Gasteiger partial charge in [0.15, 0.2) is 0 Å². The minimum absolute atomic E-state index is 0.851. The van der Waals surface area contributed by atoms with E-state index in [1.54, 1.807) is 0 Å². The van der Waals surface area contributed by atoms with Gasteiger partial charge in [-0.3, -0.25) is 0 Å². The molecule has 0 N–H and O–H groups in total. The molecule has 0 aliphatic rings. The van der Waals surface area contributed by atoms with Crippen LogP contribution in [-0.4, -0.2) is 0 Å². The van der Waals surface area contributed by atoms with Gasteiger partial charge < -0.3 is 0 Å². The lowest BCUT2D eigenvalue weighted by atomic mass is 9.94. The molecule has 0 spiro atoms. The first-order valence-electron chi connectivity index (χ1n) is 6.86. The lowest BCUT2D eigenvalue weighted by Crippen LogP contribution is -1.99. The molecule has 1 rings (SSSR count). The number of rotatable bonds is 7. The normalized spacial score (nSPS) is 13.0. The van der Waals surface area contributed by atoms with Crippen LogP contribution in [0.4, 0.5) is 0 Å². The maximum atomic E-state index is 4.31. The molecule has 0 bridgehead atoms. The van der Waals surface area contributed by atoms with Crippen LogP contribution in [0.2, 0.25) is 0 Å². The van der Waals surface area contributed by atoms with E-state index in [0.717, 1.165) is 16.7 Å². The van der Waals surface area contributed by atoms with Crippen molar-refractivity contribution < 1.29 is 0 Å². The number of hydrogen-bond acceptors (Lipinski definition) is 1. The van der Waals surface area contributed by atoms with Gasteiger partial charge in [0.05, 0.1) is 0 Å². The smallest absolute Gasteiger partial charge is 0.00401 e. The van der Waals surface area contributed by atoms with Crippen LogP contribution in [0.3, 0.4) is 0 Å². The van der Waals surface area contributed by atoms with Crippen molar-refractivity contribution in [3.05, 3.63) is 29.8 Å². The molecule has 0 aliphatic carbocycles. The third-order valence-electron chi connectivity index (χ3n) is 3.34. The highest BCUT2D eigenvalue weighted by Crippen LogP contribution is 2.18. The molecule has 17 heavy (non-hydrogen) atoms. The maximum absolute atomic E-state index is 4.31. The molecule has 0 amide bonds. The van der Waals surface area contributed by atoms with Crippen LogP contribution in [0.5, 0.6) is 0 Å². The molecule has 0 fully saturated rings. The van der Waals surface area contributed by atoms with Crippen LogP contribution < -0.4 is 0 Å². The van der Waals surface area contributed by atoms with Crippen molar-refractivity contribution in [2.45, 2.75) is 57.8 Å². The van der Waals surface area contributed by atoms with E-state index in [1.165, 1.54) is 37.7 Å². The molecular weight excluding hydrogens is 224 g/mol. The first-order chi connectivity index (χ1) is 8.08. The third kappa shape index (κ3) is 6.78. The topological polar surface area (TPSA) is 0 Å². The summed E-state index contributed by atoms with van der Waals surface area (Å²) in [7, 11) is 0. The number of benzene rings is 1. The predicted molar refractivity (Wildman–Crippen MR) is 79.9 cm³/mol. The van der Waals surface area contributed by atoms with E-state index in [0.29, 0.717) is 0 Å². The Morgan fingerprint density at radius 3 is 2.18 bits per heavy atom. The number of hydrogen-bond donors (Lipinski definition) is 1. The van der Waals surface area contributed by atoms with Gasteiger partial charge in [0.2, 0.25) is 0 Å². The summed E-state index contributed by atoms with van der Waals surface area (Å²) >= 11 is 4.31. The Morgan fingerprint density at radius 2 is 1.59 bits per heavy atom. The van der Waals surface area contributed by atoms with E-state index in [-0.39, 0.29) is 0 Å². The molecule has 0 saturated heterocycles. The van der Waals surface area contributed by atoms with Crippen molar-refractivity contribution >= 4 is 12.6 Å². The van der Waals surface area contributed by atoms with E-state index in [9.17, 15) is 0 Å². The largest absolute Gasteiger partial charge is 0.143 e. The van der Waals surface area contributed by atoms with Crippen LogP contribution in [-0.2, 0) is 6.42 Å². The highest BCUT2D eigenvalue weighted by atomic mass is 32.1. The summed E-state index contributed by atoms with van der Waals surface area (Å²) in [6.45, 7) is 7.00. The second kappa shape index (κ2) is 7.81. The monoisotopic (exact) mass is 250 g/mol. The van der Waals surface area contributed by atoms with Gasteiger partial charge in [0.1, 0.15) is 0 Å². The second-order valence-corrected chi connectivity index (χ2v) is 6.15. The Hall–Kier alpha value is -0.430. The van der Waals surface area contributed by atoms with Crippen molar-refractivity contribution in [2.75, 3.05) is 0 Å². The van der Waals surface area contributed by atoms with Crippen molar-refractivity contribution in [1.29, 1.82) is 0 Å². The summed E-state index contributed by atoms with van der Waals surface area (Å²) in [6, 6.07) is 8.57. The molecule has 0 aliphatic heterocycles. The summed E-state index contributed by atoms with van der Waals surface area (Å²) in [6.07, 6.45) is 6.65. The molecule has 0 heterocycles. The molecule has 0 aromatic heterocycles. The Labute approximate surface area is 112 Å². The van der Waals surface area contributed by atoms with Crippen LogP contribution in [0.1, 0.15) is 52.0 Å². The zero-order chi connectivity index (χ0) is 12.7. The molecular formula is C16H26S. The van der Waals surface area contributed by atoms with Gasteiger partial charge in [0, 0.05) is 4.90 Å². The fourth-order valence-corrected chi connectivity index (χ4v) is 2.24. The molecule has 1 atom stereocenters. The maximum Gasteiger partial charge on any atom is 0.00401 e. The molecule has 96 valence electrons. The SMILES string of the molecule is CC(C)CCCC(C)CCc1ccc(S)cc1. The fourth-order valence-electron chi connectivity index (χ4n) is 2.09. The lowest BCUT2D eigenvalue weighted by Gasteiger charge is -2.12. The average molecular weight is 250 g/mol. The Balaban J connectivity index is 2.19. The molecule has 1 aromatic rings. The van der Waals surface area contributed by atoms with Crippen molar-refractivity contribution in [3.8, 4) is 0 Å². The quantitative estimate of drug-likeness (QED) is 0.618. The van der Waals surface area contributed by atoms with Crippen LogP contribution in [0.25, 0.3) is 0 Å². The first kappa shape index (κ1) is 14.6. The summed E-state index contributed by atoms with van der Waals surface area (Å²) in [5, 5.41) is 0. The lowest BCUT2D eigenvalue weighted by molar-refractivity contribution is 0.437. The Bertz CT molecular complexity index is 300. The van der Waals surface area contributed by atoms with Gasteiger partial charge in [-0.2, -0.15) is 0 Å². The second-order valence-electron chi connectivity index (χ2n) is 5.64. The standard InChI is InChI=1S/C16H26S/c1-13(2)5-4-6-14(3)7-8-15-9-11-16(17)12-10-15/h9-14,17H,4-8H2,1-3H3. The van der Waals surface area contributed by atoms with Crippen molar-refractivity contribution in [3.63, 3.8) is 0 Å². The van der Waals surface area contributed by atoms with Gasteiger partial charge in [0.25, 0.3) is 0 Å². The zero-order valence-electron chi connectivity index (χ0n) is 11.4. The summed E-state index contributed by atoms with van der Waals surface area (Å²) < 4.78 is 0. The van der Waals surface area contributed by atoms with E-state index >= 15 is 0 Å².